The first-order valence-electron chi connectivity index (χ1n) is 6.38. The van der Waals surface area contributed by atoms with Crippen molar-refractivity contribution in [1.29, 1.82) is 0 Å². The van der Waals surface area contributed by atoms with Crippen LogP contribution in [0.2, 0.25) is 0 Å². The topological polar surface area (TPSA) is 63.2 Å². The Hall–Kier alpha value is -2.08. The van der Waals surface area contributed by atoms with Crippen molar-refractivity contribution < 1.29 is 9.53 Å². The summed E-state index contributed by atoms with van der Waals surface area (Å²) in [6, 6.07) is 9.31. The molecular formula is C15H16BrN3O2. The lowest BCUT2D eigenvalue weighted by Gasteiger charge is -2.10. The minimum absolute atomic E-state index is 0.184. The number of hydrogen-bond acceptors (Lipinski definition) is 4. The van der Waals surface area contributed by atoms with Gasteiger partial charge in [0, 0.05) is 24.3 Å². The van der Waals surface area contributed by atoms with Crippen LogP contribution in [0.15, 0.2) is 41.0 Å². The van der Waals surface area contributed by atoms with E-state index in [2.05, 4.69) is 31.5 Å². The number of amides is 1. The molecule has 0 radical (unpaired) electrons. The number of anilines is 1. The monoisotopic (exact) mass is 349 g/mol. The van der Waals surface area contributed by atoms with E-state index in [0.29, 0.717) is 17.9 Å². The molecule has 1 aromatic heterocycles. The number of carbonyl (C=O) groups excluding carboxylic acids is 1. The number of benzene rings is 1. The van der Waals surface area contributed by atoms with Crippen LogP contribution in [0.25, 0.3) is 0 Å². The Morgan fingerprint density at radius 1 is 1.38 bits per heavy atom. The average molecular weight is 350 g/mol. The van der Waals surface area contributed by atoms with Gasteiger partial charge in [0.1, 0.15) is 11.6 Å². The molecule has 0 aliphatic rings. The number of aromatic nitrogens is 1. The fraction of sp³-hybridized carbons (Fsp3) is 0.200. The molecule has 2 N–H and O–H groups in total. The summed E-state index contributed by atoms with van der Waals surface area (Å²) in [6.07, 6.45) is 1.64. The standard InChI is InChI=1S/C15H16BrN3O2/c1-17-14-13(7-11(16)9-18-14)15(20)19-8-10-4-3-5-12(6-10)21-2/h3-7,9H,8H2,1-2H3,(H,17,18)(H,19,20). The highest BCUT2D eigenvalue weighted by Crippen LogP contribution is 2.18. The van der Waals surface area contributed by atoms with Crippen molar-refractivity contribution in [2.45, 2.75) is 6.54 Å². The van der Waals surface area contributed by atoms with Crippen LogP contribution < -0.4 is 15.4 Å². The van der Waals surface area contributed by atoms with Gasteiger partial charge >= 0.3 is 0 Å². The highest BCUT2D eigenvalue weighted by molar-refractivity contribution is 9.10. The molecule has 0 spiro atoms. The molecule has 0 unspecified atom stereocenters. The van der Waals surface area contributed by atoms with Crippen molar-refractivity contribution in [3.8, 4) is 5.75 Å². The van der Waals surface area contributed by atoms with Gasteiger partial charge in [0.15, 0.2) is 0 Å². The predicted octanol–water partition coefficient (Wildman–Crippen LogP) is 2.82. The number of nitrogens with one attached hydrogen (secondary N) is 2. The molecule has 0 bridgehead atoms. The number of rotatable bonds is 5. The molecule has 6 heteroatoms. The van der Waals surface area contributed by atoms with Crippen molar-refractivity contribution in [3.63, 3.8) is 0 Å². The number of nitrogens with zero attached hydrogens (tertiary/aromatic N) is 1. The summed E-state index contributed by atoms with van der Waals surface area (Å²) in [5, 5.41) is 5.78. The molecule has 5 nitrogen and oxygen atoms in total. The second-order valence-electron chi connectivity index (χ2n) is 4.33. The van der Waals surface area contributed by atoms with Crippen LogP contribution >= 0.6 is 15.9 Å². The van der Waals surface area contributed by atoms with Crippen LogP contribution in [-0.4, -0.2) is 25.0 Å². The number of halogens is 1. The quantitative estimate of drug-likeness (QED) is 0.871. The molecule has 110 valence electrons. The second kappa shape index (κ2) is 7.08. The predicted molar refractivity (Wildman–Crippen MR) is 85.6 cm³/mol. The maximum atomic E-state index is 12.3. The maximum absolute atomic E-state index is 12.3. The van der Waals surface area contributed by atoms with Crippen molar-refractivity contribution in [2.24, 2.45) is 0 Å². The van der Waals surface area contributed by atoms with Crippen LogP contribution in [0.4, 0.5) is 5.82 Å². The first kappa shape index (κ1) is 15.3. The number of pyridine rings is 1. The first-order chi connectivity index (χ1) is 10.1. The summed E-state index contributed by atoms with van der Waals surface area (Å²) >= 11 is 3.32. The van der Waals surface area contributed by atoms with E-state index in [1.165, 1.54) is 0 Å². The van der Waals surface area contributed by atoms with E-state index in [1.54, 1.807) is 26.4 Å². The summed E-state index contributed by atoms with van der Waals surface area (Å²) < 4.78 is 5.92. The average Bonchev–Trinajstić information content (AvgIpc) is 2.52. The van der Waals surface area contributed by atoms with Crippen molar-refractivity contribution in [2.75, 3.05) is 19.5 Å². The zero-order valence-corrected chi connectivity index (χ0v) is 13.4. The van der Waals surface area contributed by atoms with E-state index in [1.807, 2.05) is 24.3 Å². The third-order valence-corrected chi connectivity index (χ3v) is 3.36. The van der Waals surface area contributed by atoms with Gasteiger partial charge in [0.25, 0.3) is 5.91 Å². The van der Waals surface area contributed by atoms with Crippen LogP contribution in [-0.2, 0) is 6.54 Å². The fourth-order valence-corrected chi connectivity index (χ4v) is 2.20. The zero-order valence-electron chi connectivity index (χ0n) is 11.8. The summed E-state index contributed by atoms with van der Waals surface area (Å²) in [4.78, 5) is 16.4. The molecule has 2 rings (SSSR count). The molecule has 0 atom stereocenters. The van der Waals surface area contributed by atoms with Crippen LogP contribution in [0.5, 0.6) is 5.75 Å². The number of hydrogen-bond donors (Lipinski definition) is 2. The molecular weight excluding hydrogens is 334 g/mol. The summed E-state index contributed by atoms with van der Waals surface area (Å²) in [5.41, 5.74) is 1.46. The van der Waals surface area contributed by atoms with Gasteiger partial charge in [-0.05, 0) is 39.7 Å². The molecule has 21 heavy (non-hydrogen) atoms. The Balaban J connectivity index is 2.09. The van der Waals surface area contributed by atoms with E-state index in [9.17, 15) is 4.79 Å². The van der Waals surface area contributed by atoms with E-state index in [-0.39, 0.29) is 5.91 Å². The Morgan fingerprint density at radius 2 is 2.19 bits per heavy atom. The van der Waals surface area contributed by atoms with Gasteiger partial charge in [0.2, 0.25) is 0 Å². The molecule has 0 aliphatic heterocycles. The third-order valence-electron chi connectivity index (χ3n) is 2.92. The first-order valence-corrected chi connectivity index (χ1v) is 7.17. The molecule has 1 heterocycles. The van der Waals surface area contributed by atoms with Crippen molar-refractivity contribution in [3.05, 3.63) is 52.1 Å². The summed E-state index contributed by atoms with van der Waals surface area (Å²) in [7, 11) is 3.35. The third kappa shape index (κ3) is 3.95. The lowest BCUT2D eigenvalue weighted by molar-refractivity contribution is 0.0951. The second-order valence-corrected chi connectivity index (χ2v) is 5.25. The van der Waals surface area contributed by atoms with E-state index >= 15 is 0 Å². The largest absolute Gasteiger partial charge is 0.497 e. The number of ether oxygens (including phenoxy) is 1. The highest BCUT2D eigenvalue weighted by Gasteiger charge is 2.12. The van der Waals surface area contributed by atoms with Gasteiger partial charge in [-0.1, -0.05) is 12.1 Å². The lowest BCUT2D eigenvalue weighted by atomic mass is 10.2. The Morgan fingerprint density at radius 3 is 2.90 bits per heavy atom. The zero-order chi connectivity index (χ0) is 15.2. The van der Waals surface area contributed by atoms with Gasteiger partial charge in [-0.25, -0.2) is 4.98 Å². The molecule has 0 fully saturated rings. The van der Waals surface area contributed by atoms with Crippen molar-refractivity contribution >= 4 is 27.7 Å². The molecule has 1 aromatic carbocycles. The van der Waals surface area contributed by atoms with Gasteiger partial charge in [-0.2, -0.15) is 0 Å². The van der Waals surface area contributed by atoms with E-state index in [0.717, 1.165) is 15.8 Å². The SMILES string of the molecule is CNc1ncc(Br)cc1C(=O)NCc1cccc(OC)c1. The lowest BCUT2D eigenvalue weighted by Crippen LogP contribution is -2.24. The molecule has 0 aliphatic carbocycles. The number of carbonyl (C=O) groups is 1. The molecule has 1 amide bonds. The fourth-order valence-electron chi connectivity index (χ4n) is 1.87. The summed E-state index contributed by atoms with van der Waals surface area (Å²) in [6.45, 7) is 0.422. The Bertz CT molecular complexity index is 647. The van der Waals surface area contributed by atoms with Crippen LogP contribution in [0, 0.1) is 0 Å². The van der Waals surface area contributed by atoms with E-state index in [4.69, 9.17) is 4.74 Å². The molecule has 2 aromatic rings. The number of methoxy groups -OCH3 is 1. The van der Waals surface area contributed by atoms with Crippen LogP contribution in [0.3, 0.4) is 0 Å². The smallest absolute Gasteiger partial charge is 0.255 e. The van der Waals surface area contributed by atoms with Gasteiger partial charge in [-0.3, -0.25) is 4.79 Å². The minimum Gasteiger partial charge on any atom is -0.497 e. The Labute approximate surface area is 131 Å². The van der Waals surface area contributed by atoms with Crippen molar-refractivity contribution in [1.82, 2.24) is 10.3 Å². The Kier molecular flexibility index (Phi) is 5.16. The van der Waals surface area contributed by atoms with Gasteiger partial charge in [0.05, 0.1) is 12.7 Å². The summed E-state index contributed by atoms with van der Waals surface area (Å²) in [5.74, 6) is 1.12. The van der Waals surface area contributed by atoms with Gasteiger partial charge < -0.3 is 15.4 Å². The van der Waals surface area contributed by atoms with Crippen LogP contribution in [0.1, 0.15) is 15.9 Å². The molecule has 0 saturated heterocycles. The highest BCUT2D eigenvalue weighted by atomic mass is 79.9. The van der Waals surface area contributed by atoms with E-state index < -0.39 is 0 Å². The minimum atomic E-state index is -0.184. The van der Waals surface area contributed by atoms with Gasteiger partial charge in [-0.15, -0.1) is 0 Å². The normalized spacial score (nSPS) is 10.0. The molecule has 0 saturated carbocycles. The maximum Gasteiger partial charge on any atom is 0.255 e.